The lowest BCUT2D eigenvalue weighted by atomic mass is 9.97. The predicted octanol–water partition coefficient (Wildman–Crippen LogP) is 3.28. The van der Waals surface area contributed by atoms with E-state index in [0.29, 0.717) is 11.4 Å². The number of nitriles is 1. The van der Waals surface area contributed by atoms with Gasteiger partial charge in [-0.25, -0.2) is 4.98 Å². The molecule has 1 aliphatic rings. The van der Waals surface area contributed by atoms with Gasteiger partial charge in [-0.2, -0.15) is 18.4 Å². The molecule has 1 fully saturated rings. The zero-order valence-electron chi connectivity index (χ0n) is 12.5. The van der Waals surface area contributed by atoms with Gasteiger partial charge in [0.25, 0.3) is 0 Å². The number of nitrogens with zero attached hydrogens (tertiary/aromatic N) is 3. The molecule has 2 heterocycles. The summed E-state index contributed by atoms with van der Waals surface area (Å²) in [6, 6.07) is 9.84. The van der Waals surface area contributed by atoms with Crippen molar-refractivity contribution in [1.29, 1.82) is 5.26 Å². The van der Waals surface area contributed by atoms with Gasteiger partial charge in [0.1, 0.15) is 11.9 Å². The van der Waals surface area contributed by atoms with Crippen molar-refractivity contribution in [1.82, 2.24) is 4.98 Å². The van der Waals surface area contributed by atoms with Crippen molar-refractivity contribution in [3.8, 4) is 6.07 Å². The third-order valence-corrected chi connectivity index (χ3v) is 4.08. The topological polar surface area (TPSA) is 60.2 Å². The quantitative estimate of drug-likeness (QED) is 0.916. The fourth-order valence-corrected chi connectivity index (χ4v) is 3.03. The Morgan fingerprint density at radius 1 is 1.21 bits per heavy atom. The molecule has 3 rings (SSSR count). The normalized spacial score (nSPS) is 20.9. The van der Waals surface area contributed by atoms with Gasteiger partial charge in [-0.15, -0.1) is 0 Å². The van der Waals surface area contributed by atoms with Crippen LogP contribution in [0.1, 0.15) is 29.2 Å². The number of benzene rings is 1. The van der Waals surface area contributed by atoms with Crippen LogP contribution in [0, 0.1) is 11.3 Å². The lowest BCUT2D eigenvalue weighted by Crippen LogP contribution is -2.26. The highest BCUT2D eigenvalue weighted by molar-refractivity contribution is 5.48. The van der Waals surface area contributed by atoms with Crippen molar-refractivity contribution < 1.29 is 18.3 Å². The van der Waals surface area contributed by atoms with E-state index >= 15 is 0 Å². The van der Waals surface area contributed by atoms with E-state index in [4.69, 9.17) is 5.26 Å². The van der Waals surface area contributed by atoms with Gasteiger partial charge in [-0.05, 0) is 30.2 Å². The molecule has 0 amide bonds. The third-order valence-electron chi connectivity index (χ3n) is 4.08. The lowest BCUT2D eigenvalue weighted by Gasteiger charge is -2.27. The molecular formula is C17H14F3N3O. The number of anilines is 1. The Morgan fingerprint density at radius 2 is 1.96 bits per heavy atom. The molecule has 0 bridgehead atoms. The van der Waals surface area contributed by atoms with Crippen molar-refractivity contribution in [3.05, 3.63) is 59.3 Å². The molecule has 1 aromatic heterocycles. The Hall–Kier alpha value is -2.59. The minimum Gasteiger partial charge on any atom is -0.391 e. The monoisotopic (exact) mass is 333 g/mol. The van der Waals surface area contributed by atoms with Crippen LogP contribution in [0.5, 0.6) is 0 Å². The Labute approximate surface area is 136 Å². The van der Waals surface area contributed by atoms with E-state index in [1.165, 1.54) is 18.3 Å². The van der Waals surface area contributed by atoms with Crippen LogP contribution in [0.2, 0.25) is 0 Å². The highest BCUT2D eigenvalue weighted by Gasteiger charge is 2.40. The number of aromatic nitrogens is 1. The highest BCUT2D eigenvalue weighted by Crippen LogP contribution is 2.41. The van der Waals surface area contributed by atoms with Gasteiger partial charge in [0, 0.05) is 12.7 Å². The van der Waals surface area contributed by atoms with Crippen LogP contribution >= 0.6 is 0 Å². The Morgan fingerprint density at radius 3 is 2.58 bits per heavy atom. The van der Waals surface area contributed by atoms with Crippen molar-refractivity contribution >= 4 is 5.82 Å². The van der Waals surface area contributed by atoms with E-state index in [1.54, 1.807) is 23.1 Å². The molecule has 24 heavy (non-hydrogen) atoms. The largest absolute Gasteiger partial charge is 0.416 e. The fraction of sp³-hybridized carbons (Fsp3) is 0.294. The summed E-state index contributed by atoms with van der Waals surface area (Å²) in [5.74, 6) is 0.438. The van der Waals surface area contributed by atoms with Crippen molar-refractivity contribution in [3.63, 3.8) is 0 Å². The van der Waals surface area contributed by atoms with E-state index in [1.807, 2.05) is 6.07 Å². The molecule has 4 nitrogen and oxygen atoms in total. The van der Waals surface area contributed by atoms with Crippen molar-refractivity contribution in [2.45, 2.75) is 24.7 Å². The molecule has 0 radical (unpaired) electrons. The van der Waals surface area contributed by atoms with Crippen molar-refractivity contribution in [2.75, 3.05) is 11.4 Å². The predicted molar refractivity (Wildman–Crippen MR) is 81.1 cm³/mol. The summed E-state index contributed by atoms with van der Waals surface area (Å²) in [6.07, 6.45) is -3.65. The average Bonchev–Trinajstić information content (AvgIpc) is 2.96. The van der Waals surface area contributed by atoms with Crippen LogP contribution in [0.4, 0.5) is 19.0 Å². The number of aliphatic hydroxyl groups excluding tert-OH is 1. The SMILES string of the molecule is N#Cc1ccc(N2CC(O)CC2c2ccccc2C(F)(F)F)nc1. The first kappa shape index (κ1) is 16.3. The number of hydrogen-bond acceptors (Lipinski definition) is 4. The maximum atomic E-state index is 13.3. The summed E-state index contributed by atoms with van der Waals surface area (Å²) in [4.78, 5) is 5.79. The molecular weight excluding hydrogens is 319 g/mol. The fourth-order valence-electron chi connectivity index (χ4n) is 3.03. The van der Waals surface area contributed by atoms with E-state index in [0.717, 1.165) is 6.07 Å². The van der Waals surface area contributed by atoms with Crippen LogP contribution in [-0.4, -0.2) is 22.7 Å². The summed E-state index contributed by atoms with van der Waals surface area (Å²) in [7, 11) is 0. The summed E-state index contributed by atoms with van der Waals surface area (Å²) in [5, 5.41) is 18.8. The van der Waals surface area contributed by atoms with Crippen LogP contribution < -0.4 is 4.90 Å². The number of rotatable bonds is 2. The van der Waals surface area contributed by atoms with Gasteiger partial charge in [0.15, 0.2) is 0 Å². The number of pyridine rings is 1. The third kappa shape index (κ3) is 3.05. The first-order valence-corrected chi connectivity index (χ1v) is 7.37. The minimum absolute atomic E-state index is 0.118. The zero-order valence-corrected chi connectivity index (χ0v) is 12.5. The molecule has 2 aromatic rings. The molecule has 7 heteroatoms. The van der Waals surface area contributed by atoms with E-state index in [2.05, 4.69) is 4.98 Å². The molecule has 0 spiro atoms. The molecule has 0 aliphatic carbocycles. The first-order chi connectivity index (χ1) is 11.4. The molecule has 0 saturated carbocycles. The molecule has 1 aromatic carbocycles. The van der Waals surface area contributed by atoms with E-state index in [-0.39, 0.29) is 18.5 Å². The number of halogens is 3. The Bertz CT molecular complexity index is 768. The Balaban J connectivity index is 2.01. The number of alkyl halides is 3. The number of β-amino-alcohol motifs (C(OH)–C–C–N with tert-alkyl or cyclic N) is 1. The molecule has 124 valence electrons. The summed E-state index contributed by atoms with van der Waals surface area (Å²) in [5.41, 5.74) is -0.221. The summed E-state index contributed by atoms with van der Waals surface area (Å²) < 4.78 is 39.9. The molecule has 1 aliphatic heterocycles. The van der Waals surface area contributed by atoms with Crippen LogP contribution in [0.3, 0.4) is 0 Å². The Kier molecular flexibility index (Phi) is 4.16. The molecule has 2 unspecified atom stereocenters. The van der Waals surface area contributed by atoms with E-state index in [9.17, 15) is 18.3 Å². The molecule has 1 N–H and O–H groups in total. The van der Waals surface area contributed by atoms with E-state index < -0.39 is 23.9 Å². The van der Waals surface area contributed by atoms with Crippen LogP contribution in [0.15, 0.2) is 42.6 Å². The van der Waals surface area contributed by atoms with Gasteiger partial charge < -0.3 is 10.0 Å². The standard InChI is InChI=1S/C17H14F3N3O/c18-17(19,20)14-4-2-1-3-13(14)15-7-12(24)10-23(15)16-6-5-11(8-21)9-22-16/h1-6,9,12,15,24H,7,10H2. The zero-order chi connectivity index (χ0) is 17.3. The van der Waals surface area contributed by atoms with Crippen LogP contribution in [0.25, 0.3) is 0 Å². The smallest absolute Gasteiger partial charge is 0.391 e. The lowest BCUT2D eigenvalue weighted by molar-refractivity contribution is -0.138. The maximum absolute atomic E-state index is 13.3. The second-order valence-corrected chi connectivity index (χ2v) is 5.66. The molecule has 1 saturated heterocycles. The minimum atomic E-state index is -4.46. The first-order valence-electron chi connectivity index (χ1n) is 7.37. The summed E-state index contributed by atoms with van der Waals surface area (Å²) >= 11 is 0. The highest BCUT2D eigenvalue weighted by atomic mass is 19.4. The second-order valence-electron chi connectivity index (χ2n) is 5.66. The average molecular weight is 333 g/mol. The van der Waals surface area contributed by atoms with Gasteiger partial charge in [-0.1, -0.05) is 18.2 Å². The van der Waals surface area contributed by atoms with Gasteiger partial charge in [-0.3, -0.25) is 0 Å². The number of aliphatic hydroxyl groups is 1. The van der Waals surface area contributed by atoms with Crippen molar-refractivity contribution in [2.24, 2.45) is 0 Å². The molecule has 2 atom stereocenters. The van der Waals surface area contributed by atoms with Gasteiger partial charge >= 0.3 is 6.18 Å². The van der Waals surface area contributed by atoms with Crippen LogP contribution in [-0.2, 0) is 6.18 Å². The van der Waals surface area contributed by atoms with Gasteiger partial charge in [0.2, 0.25) is 0 Å². The van der Waals surface area contributed by atoms with Gasteiger partial charge in [0.05, 0.1) is 23.3 Å². The second kappa shape index (κ2) is 6.13. The number of hydrogen-bond donors (Lipinski definition) is 1. The summed E-state index contributed by atoms with van der Waals surface area (Å²) in [6.45, 7) is 0.190. The maximum Gasteiger partial charge on any atom is 0.416 e.